The van der Waals surface area contributed by atoms with Gasteiger partial charge in [0.05, 0.1) is 31.8 Å². The summed E-state index contributed by atoms with van der Waals surface area (Å²) in [6, 6.07) is 15.0. The van der Waals surface area contributed by atoms with Crippen molar-refractivity contribution < 1.29 is 19.1 Å². The van der Waals surface area contributed by atoms with Crippen LogP contribution in [0.15, 0.2) is 54.7 Å². The molecule has 0 bridgehead atoms. The Hall–Kier alpha value is -3.20. The molecule has 1 saturated heterocycles. The van der Waals surface area contributed by atoms with Crippen LogP contribution < -0.4 is 5.32 Å². The van der Waals surface area contributed by atoms with Crippen molar-refractivity contribution in [3.05, 3.63) is 71.4 Å². The highest BCUT2D eigenvalue weighted by molar-refractivity contribution is 6.02. The molecule has 1 aromatic heterocycles. The third-order valence-corrected chi connectivity index (χ3v) is 7.03. The number of carbonyl (C=O) groups excluding carboxylic acids is 2. The molecular weight excluding hydrogens is 444 g/mol. The Balaban J connectivity index is 1.51. The number of ether oxygens (including phenoxy) is 2. The molecule has 1 fully saturated rings. The zero-order valence-corrected chi connectivity index (χ0v) is 20.0. The number of H-pyrrole nitrogens is 1. The largest absolute Gasteiger partial charge is 0.383 e. The standard InChI is InChI=1S/C27H32N4O4/c1-34-15-14-31-25(22-18-29-23-9-5-4-6-19(22)23)24(20-7-2-3-8-21(20)27(31)33)26(32)28-10-11-30-12-16-35-17-13-30/h2-9,18,24-25,29H,10-17H2,1H3,(H,28,32). The molecule has 2 unspecified atom stereocenters. The Morgan fingerprint density at radius 2 is 1.86 bits per heavy atom. The van der Waals surface area contributed by atoms with Gasteiger partial charge in [0.25, 0.3) is 5.91 Å². The van der Waals surface area contributed by atoms with E-state index >= 15 is 0 Å². The number of benzene rings is 2. The second kappa shape index (κ2) is 10.6. The van der Waals surface area contributed by atoms with Crippen LogP contribution in [0.3, 0.4) is 0 Å². The van der Waals surface area contributed by atoms with Crippen LogP contribution in [-0.4, -0.2) is 86.3 Å². The molecule has 0 aliphatic carbocycles. The normalized spacial score (nSPS) is 20.7. The number of para-hydroxylation sites is 1. The lowest BCUT2D eigenvalue weighted by Gasteiger charge is -2.41. The molecule has 2 aromatic carbocycles. The molecule has 2 amide bonds. The molecule has 0 radical (unpaired) electrons. The molecule has 8 heteroatoms. The molecular formula is C27H32N4O4. The lowest BCUT2D eigenvalue weighted by Crippen LogP contribution is -2.49. The van der Waals surface area contributed by atoms with E-state index in [0.717, 1.165) is 54.9 Å². The summed E-state index contributed by atoms with van der Waals surface area (Å²) in [7, 11) is 1.62. The van der Waals surface area contributed by atoms with Crippen molar-refractivity contribution in [2.75, 3.05) is 59.7 Å². The zero-order valence-electron chi connectivity index (χ0n) is 20.0. The molecule has 3 aromatic rings. The number of nitrogens with zero attached hydrogens (tertiary/aromatic N) is 2. The average molecular weight is 477 g/mol. The number of hydrogen-bond donors (Lipinski definition) is 2. The van der Waals surface area contributed by atoms with Crippen molar-refractivity contribution in [3.63, 3.8) is 0 Å². The lowest BCUT2D eigenvalue weighted by molar-refractivity contribution is -0.124. The Morgan fingerprint density at radius 1 is 1.09 bits per heavy atom. The van der Waals surface area contributed by atoms with Gasteiger partial charge in [0.1, 0.15) is 0 Å². The first-order valence-electron chi connectivity index (χ1n) is 12.2. The topological polar surface area (TPSA) is 86.9 Å². The van der Waals surface area contributed by atoms with Crippen LogP contribution in [0.5, 0.6) is 0 Å². The fourth-order valence-electron chi connectivity index (χ4n) is 5.27. The van der Waals surface area contributed by atoms with Gasteiger partial charge in [0.2, 0.25) is 5.91 Å². The molecule has 3 heterocycles. The van der Waals surface area contributed by atoms with Crippen molar-refractivity contribution >= 4 is 22.7 Å². The second-order valence-corrected chi connectivity index (χ2v) is 9.04. The van der Waals surface area contributed by atoms with Gasteiger partial charge >= 0.3 is 0 Å². The Labute approximate surface area is 205 Å². The summed E-state index contributed by atoms with van der Waals surface area (Å²) in [6.07, 6.45) is 1.93. The highest BCUT2D eigenvalue weighted by Crippen LogP contribution is 2.44. The fraction of sp³-hybridized carbons (Fsp3) is 0.407. The molecule has 184 valence electrons. The van der Waals surface area contributed by atoms with Crippen LogP contribution in [0.1, 0.15) is 33.4 Å². The predicted octanol–water partition coefficient (Wildman–Crippen LogP) is 2.54. The molecule has 2 N–H and O–H groups in total. The summed E-state index contributed by atoms with van der Waals surface area (Å²) in [5.41, 5.74) is 3.26. The van der Waals surface area contributed by atoms with Gasteiger partial charge in [0.15, 0.2) is 0 Å². The van der Waals surface area contributed by atoms with E-state index in [0.29, 0.717) is 25.3 Å². The van der Waals surface area contributed by atoms with Crippen LogP contribution in [0, 0.1) is 0 Å². The molecule has 5 rings (SSSR count). The number of rotatable bonds is 8. The molecule has 0 saturated carbocycles. The molecule has 8 nitrogen and oxygen atoms in total. The summed E-state index contributed by atoms with van der Waals surface area (Å²) in [6.45, 7) is 5.30. The average Bonchev–Trinajstić information content (AvgIpc) is 3.32. The van der Waals surface area contributed by atoms with Crippen molar-refractivity contribution in [1.82, 2.24) is 20.1 Å². The van der Waals surface area contributed by atoms with E-state index in [1.807, 2.05) is 54.7 Å². The maximum atomic E-state index is 13.8. The predicted molar refractivity (Wildman–Crippen MR) is 133 cm³/mol. The van der Waals surface area contributed by atoms with E-state index in [1.165, 1.54) is 0 Å². The van der Waals surface area contributed by atoms with E-state index in [4.69, 9.17) is 9.47 Å². The minimum Gasteiger partial charge on any atom is -0.383 e. The van der Waals surface area contributed by atoms with Crippen molar-refractivity contribution in [2.45, 2.75) is 12.0 Å². The van der Waals surface area contributed by atoms with Crippen molar-refractivity contribution in [2.24, 2.45) is 0 Å². The van der Waals surface area contributed by atoms with Crippen LogP contribution in [0.2, 0.25) is 0 Å². The molecule has 0 spiro atoms. The number of aromatic amines is 1. The van der Waals surface area contributed by atoms with E-state index in [9.17, 15) is 9.59 Å². The first kappa shape index (κ1) is 23.5. The molecule has 2 aliphatic heterocycles. The summed E-state index contributed by atoms with van der Waals surface area (Å²) in [5.74, 6) is -0.689. The monoisotopic (exact) mass is 476 g/mol. The second-order valence-electron chi connectivity index (χ2n) is 9.04. The van der Waals surface area contributed by atoms with Gasteiger partial charge in [0, 0.05) is 68.1 Å². The maximum absolute atomic E-state index is 13.8. The number of aromatic nitrogens is 1. The van der Waals surface area contributed by atoms with E-state index in [1.54, 1.807) is 12.0 Å². The number of amides is 2. The third-order valence-electron chi connectivity index (χ3n) is 7.03. The van der Waals surface area contributed by atoms with Gasteiger partial charge in [-0.05, 0) is 17.7 Å². The number of morpholine rings is 1. The Bertz CT molecular complexity index is 1190. The number of methoxy groups -OCH3 is 1. The highest BCUT2D eigenvalue weighted by atomic mass is 16.5. The fourth-order valence-corrected chi connectivity index (χ4v) is 5.27. The maximum Gasteiger partial charge on any atom is 0.254 e. The number of carbonyl (C=O) groups is 2. The Kier molecular flexibility index (Phi) is 7.13. The lowest BCUT2D eigenvalue weighted by atomic mass is 9.79. The zero-order chi connectivity index (χ0) is 24.2. The third kappa shape index (κ3) is 4.69. The number of nitrogens with one attached hydrogen (secondary N) is 2. The van der Waals surface area contributed by atoms with Crippen LogP contribution in [0.25, 0.3) is 10.9 Å². The summed E-state index contributed by atoms with van der Waals surface area (Å²) in [5, 5.41) is 4.18. The highest BCUT2D eigenvalue weighted by Gasteiger charge is 2.44. The van der Waals surface area contributed by atoms with Gasteiger partial charge in [-0.2, -0.15) is 0 Å². The van der Waals surface area contributed by atoms with Crippen molar-refractivity contribution in [1.29, 1.82) is 0 Å². The number of fused-ring (bicyclic) bond motifs is 2. The van der Waals surface area contributed by atoms with Gasteiger partial charge in [-0.15, -0.1) is 0 Å². The van der Waals surface area contributed by atoms with Crippen LogP contribution >= 0.6 is 0 Å². The minimum atomic E-state index is -0.537. The van der Waals surface area contributed by atoms with Gasteiger partial charge < -0.3 is 24.7 Å². The van der Waals surface area contributed by atoms with Crippen LogP contribution in [-0.2, 0) is 14.3 Å². The first-order valence-corrected chi connectivity index (χ1v) is 12.2. The minimum absolute atomic E-state index is 0.0732. The first-order chi connectivity index (χ1) is 17.2. The summed E-state index contributed by atoms with van der Waals surface area (Å²) in [4.78, 5) is 34.9. The quantitative estimate of drug-likeness (QED) is 0.522. The number of hydrogen-bond acceptors (Lipinski definition) is 5. The Morgan fingerprint density at radius 3 is 2.69 bits per heavy atom. The molecule has 35 heavy (non-hydrogen) atoms. The smallest absolute Gasteiger partial charge is 0.254 e. The summed E-state index contributed by atoms with van der Waals surface area (Å²) < 4.78 is 10.8. The van der Waals surface area contributed by atoms with Crippen LogP contribution in [0.4, 0.5) is 0 Å². The van der Waals surface area contributed by atoms with Gasteiger partial charge in [-0.1, -0.05) is 36.4 Å². The van der Waals surface area contributed by atoms with Gasteiger partial charge in [-0.25, -0.2) is 0 Å². The van der Waals surface area contributed by atoms with Gasteiger partial charge in [-0.3, -0.25) is 14.5 Å². The van der Waals surface area contributed by atoms with E-state index in [2.05, 4.69) is 15.2 Å². The molecule has 2 aliphatic rings. The summed E-state index contributed by atoms with van der Waals surface area (Å²) >= 11 is 0. The van der Waals surface area contributed by atoms with E-state index < -0.39 is 12.0 Å². The van der Waals surface area contributed by atoms with Crippen molar-refractivity contribution in [3.8, 4) is 0 Å². The molecule has 2 atom stereocenters. The SMILES string of the molecule is COCCN1C(=O)c2ccccc2C(C(=O)NCCN2CCOCC2)C1c1c[nH]c2ccccc12. The van der Waals surface area contributed by atoms with E-state index in [-0.39, 0.29) is 11.8 Å².